The minimum absolute atomic E-state index is 0.193. The number of hydrogen-bond donors (Lipinski definition) is 2. The Kier molecular flexibility index (Phi) is 9.37. The van der Waals surface area contributed by atoms with Gasteiger partial charge >= 0.3 is 0 Å². The highest BCUT2D eigenvalue weighted by Gasteiger charge is 2.22. The second kappa shape index (κ2) is 13.1. The second-order valence-electron chi connectivity index (χ2n) is 10.8. The lowest BCUT2D eigenvalue weighted by Gasteiger charge is -2.36. The van der Waals surface area contributed by atoms with Crippen LogP contribution in [0.1, 0.15) is 35.2 Å². The molecule has 0 bridgehead atoms. The number of amides is 1. The zero-order valence-electron chi connectivity index (χ0n) is 23.5. The third-order valence-corrected chi connectivity index (χ3v) is 9.41. The number of carbonyl (C=O) groups excluding carboxylic acids is 1. The number of piperazine rings is 1. The van der Waals surface area contributed by atoms with Crippen molar-refractivity contribution >= 4 is 44.6 Å². The van der Waals surface area contributed by atoms with E-state index in [1.807, 2.05) is 31.2 Å². The first kappa shape index (κ1) is 29.2. The minimum atomic E-state index is -3.82. The molecule has 0 aliphatic carbocycles. The molecule has 0 unspecified atom stereocenters. The van der Waals surface area contributed by atoms with Crippen LogP contribution in [0.25, 0.3) is 0 Å². The maximum atomic E-state index is 13.3. The van der Waals surface area contributed by atoms with Crippen molar-refractivity contribution in [3.05, 3.63) is 82.9 Å². The summed E-state index contributed by atoms with van der Waals surface area (Å²) in [5, 5.41) is 3.76. The number of benzene rings is 3. The number of rotatable bonds is 9. The van der Waals surface area contributed by atoms with E-state index in [9.17, 15) is 13.2 Å². The van der Waals surface area contributed by atoms with Crippen LogP contribution in [0.15, 0.2) is 71.6 Å². The molecule has 2 aliphatic heterocycles. The van der Waals surface area contributed by atoms with Gasteiger partial charge in [-0.15, -0.1) is 0 Å². The first-order chi connectivity index (χ1) is 19.8. The molecule has 2 heterocycles. The van der Waals surface area contributed by atoms with Crippen molar-refractivity contribution in [3.8, 4) is 0 Å². The molecular weight excluding hydrogens is 558 g/mol. The van der Waals surface area contributed by atoms with Gasteiger partial charge in [-0.05, 0) is 74.7 Å². The fraction of sp³-hybridized carbons (Fsp3) is 0.387. The van der Waals surface area contributed by atoms with Crippen LogP contribution >= 0.6 is 11.6 Å². The third-order valence-electron chi connectivity index (χ3n) is 7.79. The summed E-state index contributed by atoms with van der Waals surface area (Å²) in [6, 6.07) is 20.0. The van der Waals surface area contributed by atoms with Crippen molar-refractivity contribution in [2.75, 3.05) is 66.9 Å². The van der Waals surface area contributed by atoms with E-state index < -0.39 is 10.0 Å². The van der Waals surface area contributed by atoms with E-state index in [0.717, 1.165) is 87.0 Å². The Morgan fingerprint density at radius 3 is 2.29 bits per heavy atom. The summed E-state index contributed by atoms with van der Waals surface area (Å²) in [5.41, 5.74) is 3.77. The van der Waals surface area contributed by atoms with Gasteiger partial charge in [0.05, 0.1) is 16.3 Å². The monoisotopic (exact) mass is 595 g/mol. The first-order valence-electron chi connectivity index (χ1n) is 14.3. The van der Waals surface area contributed by atoms with Crippen LogP contribution in [0, 0.1) is 6.92 Å². The number of carbonyl (C=O) groups is 1. The number of anilines is 3. The Labute approximate surface area is 248 Å². The highest BCUT2D eigenvalue weighted by Crippen LogP contribution is 2.32. The molecule has 0 atom stereocenters. The lowest BCUT2D eigenvalue weighted by Crippen LogP contribution is -2.48. The molecule has 10 heteroatoms. The predicted octanol–water partition coefficient (Wildman–Crippen LogP) is 4.99. The van der Waals surface area contributed by atoms with Gasteiger partial charge < -0.3 is 15.1 Å². The fourth-order valence-corrected chi connectivity index (χ4v) is 6.67. The highest BCUT2D eigenvalue weighted by molar-refractivity contribution is 7.92. The van der Waals surface area contributed by atoms with Crippen LogP contribution < -0.4 is 19.8 Å². The molecule has 2 N–H and O–H groups in total. The van der Waals surface area contributed by atoms with Crippen molar-refractivity contribution < 1.29 is 13.2 Å². The molecule has 0 spiro atoms. The minimum Gasteiger partial charge on any atom is -0.370 e. The van der Waals surface area contributed by atoms with E-state index in [2.05, 4.69) is 30.8 Å². The van der Waals surface area contributed by atoms with Crippen molar-refractivity contribution in [2.45, 2.75) is 31.1 Å². The molecule has 1 amide bonds. The van der Waals surface area contributed by atoms with E-state index in [1.165, 1.54) is 0 Å². The number of halogens is 1. The molecule has 5 rings (SSSR count). The molecule has 0 saturated carbocycles. The molecule has 2 aliphatic rings. The first-order valence-corrected chi connectivity index (χ1v) is 16.1. The van der Waals surface area contributed by atoms with E-state index in [-0.39, 0.29) is 10.8 Å². The third kappa shape index (κ3) is 7.52. The molecule has 8 nitrogen and oxygen atoms in total. The van der Waals surface area contributed by atoms with Gasteiger partial charge in [0.15, 0.2) is 0 Å². The van der Waals surface area contributed by atoms with Crippen LogP contribution in [-0.4, -0.2) is 71.6 Å². The molecule has 2 fully saturated rings. The van der Waals surface area contributed by atoms with E-state index in [4.69, 9.17) is 11.6 Å². The number of sulfonamides is 1. The van der Waals surface area contributed by atoms with Crippen LogP contribution in [-0.2, 0) is 10.0 Å². The Morgan fingerprint density at radius 1 is 0.854 bits per heavy atom. The molecule has 2 saturated heterocycles. The number of nitrogens with zero attached hydrogens (tertiary/aromatic N) is 3. The Bertz CT molecular complexity index is 1450. The normalized spacial score (nSPS) is 16.4. The van der Waals surface area contributed by atoms with E-state index >= 15 is 0 Å². The maximum absolute atomic E-state index is 13.3. The quantitative estimate of drug-likeness (QED) is 0.363. The van der Waals surface area contributed by atoms with Crippen LogP contribution in [0.4, 0.5) is 17.1 Å². The summed E-state index contributed by atoms with van der Waals surface area (Å²) < 4.78 is 29.3. The zero-order chi connectivity index (χ0) is 28.8. The van der Waals surface area contributed by atoms with Crippen molar-refractivity contribution in [3.63, 3.8) is 0 Å². The fourth-order valence-electron chi connectivity index (χ4n) is 5.42. The number of nitrogens with one attached hydrogen (secondary N) is 2. The zero-order valence-corrected chi connectivity index (χ0v) is 25.1. The Hall–Kier alpha value is -3.27. The molecular formula is C31H38ClN5O3S. The summed E-state index contributed by atoms with van der Waals surface area (Å²) >= 11 is 6.15. The number of aryl methyl sites for hydroxylation is 1. The van der Waals surface area contributed by atoms with Crippen molar-refractivity contribution in [2.24, 2.45) is 0 Å². The lowest BCUT2D eigenvalue weighted by molar-refractivity contribution is 0.0948. The van der Waals surface area contributed by atoms with Crippen molar-refractivity contribution in [1.82, 2.24) is 10.2 Å². The topological polar surface area (TPSA) is 85.0 Å². The van der Waals surface area contributed by atoms with Crippen LogP contribution in [0.2, 0.25) is 5.02 Å². The standard InChI is InChI=1S/C31H38ClN5O3S/c1-24-8-11-28(12-9-24)41(39,40)34-29-22-25(10-13-30(29)37-15-3-2-4-16-37)31(38)33-14-17-35-18-20-36(21-19-35)27-7-5-6-26(32)23-27/h5-13,22-23,34H,2-4,14-21H2,1H3,(H,33,38). The Balaban J connectivity index is 1.22. The summed E-state index contributed by atoms with van der Waals surface area (Å²) in [6.07, 6.45) is 3.27. The van der Waals surface area contributed by atoms with Gasteiger partial charge in [-0.3, -0.25) is 14.4 Å². The largest absolute Gasteiger partial charge is 0.370 e. The number of piperidine rings is 1. The lowest BCUT2D eigenvalue weighted by atomic mass is 10.1. The van der Waals surface area contributed by atoms with Crippen LogP contribution in [0.3, 0.4) is 0 Å². The molecule has 218 valence electrons. The van der Waals surface area contributed by atoms with Gasteiger partial charge in [0, 0.05) is 68.6 Å². The molecule has 3 aromatic rings. The summed E-state index contributed by atoms with van der Waals surface area (Å²) in [5.74, 6) is -0.219. The highest BCUT2D eigenvalue weighted by atomic mass is 35.5. The average Bonchev–Trinajstić information content (AvgIpc) is 2.98. The molecule has 0 aromatic heterocycles. The van der Waals surface area contributed by atoms with E-state index in [1.54, 1.807) is 36.4 Å². The Morgan fingerprint density at radius 2 is 1.59 bits per heavy atom. The summed E-state index contributed by atoms with van der Waals surface area (Å²) in [7, 11) is -3.82. The molecule has 0 radical (unpaired) electrons. The van der Waals surface area contributed by atoms with Gasteiger partial charge in [0.25, 0.3) is 15.9 Å². The van der Waals surface area contributed by atoms with E-state index in [0.29, 0.717) is 17.8 Å². The second-order valence-corrected chi connectivity index (χ2v) is 12.9. The molecule has 3 aromatic carbocycles. The predicted molar refractivity (Wildman–Crippen MR) is 167 cm³/mol. The van der Waals surface area contributed by atoms with Crippen molar-refractivity contribution in [1.29, 1.82) is 0 Å². The van der Waals surface area contributed by atoms with Crippen LogP contribution in [0.5, 0.6) is 0 Å². The summed E-state index contributed by atoms with van der Waals surface area (Å²) in [4.78, 5) is 20.2. The molecule has 41 heavy (non-hydrogen) atoms. The smallest absolute Gasteiger partial charge is 0.261 e. The number of hydrogen-bond acceptors (Lipinski definition) is 6. The van der Waals surface area contributed by atoms with Gasteiger partial charge in [0.2, 0.25) is 0 Å². The van der Waals surface area contributed by atoms with Gasteiger partial charge in [-0.25, -0.2) is 8.42 Å². The van der Waals surface area contributed by atoms with Gasteiger partial charge in [0.1, 0.15) is 0 Å². The summed E-state index contributed by atoms with van der Waals surface area (Å²) in [6.45, 7) is 8.48. The SMILES string of the molecule is Cc1ccc(S(=O)(=O)Nc2cc(C(=O)NCCN3CCN(c4cccc(Cl)c4)CC3)ccc2N2CCCCC2)cc1. The van der Waals surface area contributed by atoms with Gasteiger partial charge in [-0.2, -0.15) is 0 Å². The average molecular weight is 596 g/mol. The maximum Gasteiger partial charge on any atom is 0.261 e. The van der Waals surface area contributed by atoms with Gasteiger partial charge in [-0.1, -0.05) is 35.4 Å².